The van der Waals surface area contributed by atoms with Crippen LogP contribution in [0, 0.1) is 0 Å². The van der Waals surface area contributed by atoms with Gasteiger partial charge in [0, 0.05) is 4.47 Å². The first kappa shape index (κ1) is 11.2. The molecule has 1 aromatic carbocycles. The lowest BCUT2D eigenvalue weighted by atomic mass is 10.2. The summed E-state index contributed by atoms with van der Waals surface area (Å²) in [4.78, 5) is 21.8. The standard InChI is InChI=1S/C9H7BrClNO2/c10-7-4-2-1-3-6(7)9(14)12-5-8(11)13/h1-4H,5H2,(H,12,14). The van der Waals surface area contributed by atoms with E-state index < -0.39 is 5.24 Å². The summed E-state index contributed by atoms with van der Waals surface area (Å²) < 4.78 is 0.680. The molecule has 0 saturated heterocycles. The van der Waals surface area contributed by atoms with Crippen molar-refractivity contribution in [1.29, 1.82) is 0 Å². The molecular weight excluding hydrogens is 269 g/mol. The number of carbonyl (C=O) groups is 2. The Balaban J connectivity index is 2.70. The summed E-state index contributed by atoms with van der Waals surface area (Å²) in [6, 6.07) is 6.94. The minimum absolute atomic E-state index is 0.165. The van der Waals surface area contributed by atoms with Crippen LogP contribution in [0.25, 0.3) is 0 Å². The molecule has 1 N–H and O–H groups in total. The van der Waals surface area contributed by atoms with E-state index in [1.54, 1.807) is 24.3 Å². The van der Waals surface area contributed by atoms with E-state index in [4.69, 9.17) is 11.6 Å². The maximum Gasteiger partial charge on any atom is 0.252 e. The van der Waals surface area contributed by atoms with Gasteiger partial charge in [-0.15, -0.1) is 0 Å². The molecule has 0 bridgehead atoms. The first-order valence-electron chi connectivity index (χ1n) is 3.82. The van der Waals surface area contributed by atoms with Gasteiger partial charge in [-0.05, 0) is 39.7 Å². The van der Waals surface area contributed by atoms with E-state index in [1.807, 2.05) is 0 Å². The van der Waals surface area contributed by atoms with Crippen molar-refractivity contribution in [2.75, 3.05) is 6.54 Å². The predicted octanol–water partition coefficient (Wildman–Crippen LogP) is 1.94. The van der Waals surface area contributed by atoms with E-state index in [-0.39, 0.29) is 12.5 Å². The number of benzene rings is 1. The maximum absolute atomic E-state index is 11.4. The zero-order valence-electron chi connectivity index (χ0n) is 7.09. The monoisotopic (exact) mass is 275 g/mol. The van der Waals surface area contributed by atoms with Crippen LogP contribution in [0.5, 0.6) is 0 Å². The van der Waals surface area contributed by atoms with Crippen molar-refractivity contribution in [3.8, 4) is 0 Å². The summed E-state index contributed by atoms with van der Waals surface area (Å²) in [5, 5.41) is 1.80. The van der Waals surface area contributed by atoms with Crippen LogP contribution in [0.1, 0.15) is 10.4 Å². The minimum Gasteiger partial charge on any atom is -0.344 e. The van der Waals surface area contributed by atoms with Crippen LogP contribution < -0.4 is 5.32 Å². The molecule has 0 aliphatic heterocycles. The van der Waals surface area contributed by atoms with E-state index in [0.717, 1.165) is 0 Å². The molecule has 0 fully saturated rings. The van der Waals surface area contributed by atoms with E-state index >= 15 is 0 Å². The zero-order chi connectivity index (χ0) is 10.6. The first-order chi connectivity index (χ1) is 6.61. The molecule has 5 heteroatoms. The molecule has 0 unspecified atom stereocenters. The number of rotatable bonds is 3. The Hall–Kier alpha value is -0.870. The highest BCUT2D eigenvalue weighted by atomic mass is 79.9. The van der Waals surface area contributed by atoms with Crippen molar-refractivity contribution in [2.24, 2.45) is 0 Å². The summed E-state index contributed by atoms with van der Waals surface area (Å²) in [6.07, 6.45) is 0. The Kier molecular flexibility index (Phi) is 4.10. The molecule has 0 heterocycles. The van der Waals surface area contributed by atoms with E-state index in [9.17, 15) is 9.59 Å². The number of amides is 1. The van der Waals surface area contributed by atoms with Gasteiger partial charge in [0.25, 0.3) is 5.91 Å². The lowest BCUT2D eigenvalue weighted by Crippen LogP contribution is -2.27. The normalized spacial score (nSPS) is 9.57. The largest absolute Gasteiger partial charge is 0.344 e. The first-order valence-corrected chi connectivity index (χ1v) is 4.99. The van der Waals surface area contributed by atoms with Crippen LogP contribution in [0.15, 0.2) is 28.7 Å². The SMILES string of the molecule is O=C(Cl)CNC(=O)c1ccccc1Br. The van der Waals surface area contributed by atoms with Gasteiger partial charge in [0.2, 0.25) is 5.24 Å². The van der Waals surface area contributed by atoms with Gasteiger partial charge in [-0.3, -0.25) is 9.59 Å². The molecule has 0 radical (unpaired) electrons. The quantitative estimate of drug-likeness (QED) is 0.858. The summed E-state index contributed by atoms with van der Waals surface area (Å²) in [7, 11) is 0. The number of hydrogen-bond donors (Lipinski definition) is 1. The topological polar surface area (TPSA) is 46.2 Å². The van der Waals surface area contributed by atoms with Gasteiger partial charge in [0.15, 0.2) is 0 Å². The Labute approximate surface area is 94.6 Å². The molecular formula is C9H7BrClNO2. The van der Waals surface area contributed by atoms with Crippen LogP contribution in [-0.2, 0) is 4.79 Å². The van der Waals surface area contributed by atoms with Crippen LogP contribution in [0.4, 0.5) is 0 Å². The van der Waals surface area contributed by atoms with Crippen molar-refractivity contribution < 1.29 is 9.59 Å². The highest BCUT2D eigenvalue weighted by Crippen LogP contribution is 2.15. The van der Waals surface area contributed by atoms with Gasteiger partial charge in [-0.1, -0.05) is 12.1 Å². The van der Waals surface area contributed by atoms with Gasteiger partial charge >= 0.3 is 0 Å². The molecule has 14 heavy (non-hydrogen) atoms. The molecule has 0 spiro atoms. The van der Waals surface area contributed by atoms with Gasteiger partial charge in [0.05, 0.1) is 12.1 Å². The van der Waals surface area contributed by atoms with Crippen LogP contribution >= 0.6 is 27.5 Å². The van der Waals surface area contributed by atoms with Crippen molar-refractivity contribution in [3.63, 3.8) is 0 Å². The van der Waals surface area contributed by atoms with Crippen molar-refractivity contribution in [1.82, 2.24) is 5.32 Å². The lowest BCUT2D eigenvalue weighted by molar-refractivity contribution is -0.110. The fourth-order valence-corrected chi connectivity index (χ4v) is 1.42. The van der Waals surface area contributed by atoms with Crippen LogP contribution in [0.2, 0.25) is 0 Å². The summed E-state index contributed by atoms with van der Waals surface area (Å²) in [5.74, 6) is -0.327. The molecule has 1 amide bonds. The maximum atomic E-state index is 11.4. The third kappa shape index (κ3) is 3.12. The second kappa shape index (κ2) is 5.12. The third-order valence-corrected chi connectivity index (χ3v) is 2.33. The third-order valence-electron chi connectivity index (χ3n) is 1.51. The molecule has 0 aromatic heterocycles. The molecule has 0 aliphatic rings. The molecule has 1 aromatic rings. The highest BCUT2D eigenvalue weighted by molar-refractivity contribution is 9.10. The Bertz CT molecular complexity index is 368. The molecule has 0 aliphatic carbocycles. The fourth-order valence-electron chi connectivity index (χ4n) is 0.890. The number of halogens is 2. The molecule has 74 valence electrons. The Morgan fingerprint density at radius 1 is 1.36 bits per heavy atom. The van der Waals surface area contributed by atoms with Gasteiger partial charge in [-0.2, -0.15) is 0 Å². The van der Waals surface area contributed by atoms with Gasteiger partial charge < -0.3 is 5.32 Å². The average Bonchev–Trinajstić information content (AvgIpc) is 2.15. The lowest BCUT2D eigenvalue weighted by Gasteiger charge is -2.03. The molecule has 1 rings (SSSR count). The molecule has 0 atom stereocenters. The van der Waals surface area contributed by atoms with Crippen molar-refractivity contribution in [2.45, 2.75) is 0 Å². The minimum atomic E-state index is -0.592. The summed E-state index contributed by atoms with van der Waals surface area (Å²) in [5.41, 5.74) is 0.477. The van der Waals surface area contributed by atoms with Crippen molar-refractivity contribution in [3.05, 3.63) is 34.3 Å². The molecule has 0 saturated carbocycles. The van der Waals surface area contributed by atoms with Crippen molar-refractivity contribution >= 4 is 38.7 Å². The van der Waals surface area contributed by atoms with E-state index in [1.165, 1.54) is 0 Å². The van der Waals surface area contributed by atoms with Gasteiger partial charge in [0.1, 0.15) is 0 Å². The second-order valence-electron chi connectivity index (χ2n) is 2.52. The predicted molar refractivity (Wildman–Crippen MR) is 57.3 cm³/mol. The Morgan fingerprint density at radius 2 is 2.00 bits per heavy atom. The zero-order valence-corrected chi connectivity index (χ0v) is 9.43. The smallest absolute Gasteiger partial charge is 0.252 e. The second-order valence-corrected chi connectivity index (χ2v) is 3.79. The number of hydrogen-bond acceptors (Lipinski definition) is 2. The van der Waals surface area contributed by atoms with Crippen LogP contribution in [0.3, 0.4) is 0 Å². The summed E-state index contributed by atoms with van der Waals surface area (Å²) >= 11 is 8.31. The van der Waals surface area contributed by atoms with E-state index in [2.05, 4.69) is 21.2 Å². The van der Waals surface area contributed by atoms with Crippen LogP contribution in [-0.4, -0.2) is 17.7 Å². The summed E-state index contributed by atoms with van der Waals surface area (Å²) in [6.45, 7) is -0.165. The molecule has 3 nitrogen and oxygen atoms in total. The average molecular weight is 277 g/mol. The van der Waals surface area contributed by atoms with Gasteiger partial charge in [-0.25, -0.2) is 0 Å². The highest BCUT2D eigenvalue weighted by Gasteiger charge is 2.09. The number of nitrogens with one attached hydrogen (secondary N) is 1. The fraction of sp³-hybridized carbons (Fsp3) is 0.111. The Morgan fingerprint density at radius 3 is 2.57 bits per heavy atom. The number of carbonyl (C=O) groups excluding carboxylic acids is 2. The van der Waals surface area contributed by atoms with E-state index in [0.29, 0.717) is 10.0 Å².